The number of imidazole rings is 1. The number of fused-ring (bicyclic) bond motifs is 1. The quantitative estimate of drug-likeness (QED) is 0.744. The van der Waals surface area contributed by atoms with Gasteiger partial charge in [-0.25, -0.2) is 9.67 Å². The van der Waals surface area contributed by atoms with Gasteiger partial charge in [0.25, 0.3) is 0 Å². The number of nitrogens with two attached hydrogens (primary N) is 1. The largest absolute Gasteiger partial charge is 0.422 e. The lowest BCUT2D eigenvalue weighted by molar-refractivity contribution is 0.358. The normalized spacial score (nSPS) is 18.7. The van der Waals surface area contributed by atoms with Crippen molar-refractivity contribution in [2.24, 2.45) is 12.8 Å². The molecule has 0 bridgehead atoms. The molecule has 2 aliphatic rings. The maximum atomic E-state index is 9.86. The van der Waals surface area contributed by atoms with Crippen molar-refractivity contribution in [3.8, 4) is 17.6 Å². The number of ether oxygens (including phenoxy) is 1. The Kier molecular flexibility index (Phi) is 3.95. The standard InChI is InChI=1S/C22H22N6O/c1-13-25-10-11-28(13)16-8-6-14(7-9-16)18-17(12-23)21(24)29-22-19(18)20(26-27(22)2)15-4-3-5-15/h6-11,15,18H,3-5,24H2,1-2H3. The molecule has 1 aliphatic heterocycles. The van der Waals surface area contributed by atoms with Crippen LogP contribution in [0.25, 0.3) is 5.69 Å². The summed E-state index contributed by atoms with van der Waals surface area (Å²) in [7, 11) is 1.87. The van der Waals surface area contributed by atoms with Crippen LogP contribution in [0.1, 0.15) is 53.7 Å². The van der Waals surface area contributed by atoms with Gasteiger partial charge in [0.2, 0.25) is 11.8 Å². The number of nitrogens with zero attached hydrogens (tertiary/aromatic N) is 5. The second-order valence-electron chi connectivity index (χ2n) is 7.72. The molecule has 1 fully saturated rings. The van der Waals surface area contributed by atoms with Gasteiger partial charge in [0.1, 0.15) is 17.5 Å². The zero-order valence-corrected chi connectivity index (χ0v) is 16.5. The number of rotatable bonds is 3. The van der Waals surface area contributed by atoms with E-state index >= 15 is 0 Å². The topological polar surface area (TPSA) is 94.7 Å². The lowest BCUT2D eigenvalue weighted by atomic mass is 9.76. The van der Waals surface area contributed by atoms with Crippen molar-refractivity contribution in [3.05, 3.63) is 70.8 Å². The van der Waals surface area contributed by atoms with Crippen LogP contribution in [0, 0.1) is 18.3 Å². The summed E-state index contributed by atoms with van der Waals surface area (Å²) < 4.78 is 9.62. The highest BCUT2D eigenvalue weighted by Crippen LogP contribution is 2.48. The van der Waals surface area contributed by atoms with E-state index in [-0.39, 0.29) is 11.8 Å². The predicted molar refractivity (Wildman–Crippen MR) is 107 cm³/mol. The molecular formula is C22H22N6O. The number of hydrogen-bond acceptors (Lipinski definition) is 5. The van der Waals surface area contributed by atoms with Crippen LogP contribution in [0.4, 0.5) is 0 Å². The third-order valence-electron chi connectivity index (χ3n) is 6.05. The van der Waals surface area contributed by atoms with E-state index in [1.165, 1.54) is 6.42 Å². The molecule has 3 aromatic rings. The summed E-state index contributed by atoms with van der Waals surface area (Å²) in [5, 5.41) is 14.6. The highest BCUT2D eigenvalue weighted by Gasteiger charge is 2.39. The molecule has 0 saturated heterocycles. The fourth-order valence-corrected chi connectivity index (χ4v) is 4.30. The van der Waals surface area contributed by atoms with Crippen LogP contribution in [-0.4, -0.2) is 19.3 Å². The molecule has 2 aromatic heterocycles. The molecule has 3 heterocycles. The van der Waals surface area contributed by atoms with E-state index in [1.54, 1.807) is 10.9 Å². The number of benzene rings is 1. The molecule has 146 valence electrons. The van der Waals surface area contributed by atoms with Gasteiger partial charge in [-0.15, -0.1) is 0 Å². The van der Waals surface area contributed by atoms with Crippen molar-refractivity contribution in [2.45, 2.75) is 38.0 Å². The average molecular weight is 386 g/mol. The van der Waals surface area contributed by atoms with E-state index in [0.717, 1.165) is 41.2 Å². The van der Waals surface area contributed by atoms with Crippen molar-refractivity contribution < 1.29 is 4.74 Å². The van der Waals surface area contributed by atoms with E-state index < -0.39 is 0 Å². The molecule has 1 atom stereocenters. The number of allylic oxidation sites excluding steroid dienone is 1. The zero-order chi connectivity index (χ0) is 20.1. The molecule has 0 amide bonds. The molecule has 1 aromatic carbocycles. The lowest BCUT2D eigenvalue weighted by Crippen LogP contribution is -2.23. The first-order chi connectivity index (χ1) is 14.1. The summed E-state index contributed by atoms with van der Waals surface area (Å²) in [5.41, 5.74) is 10.6. The Hall–Kier alpha value is -3.53. The minimum Gasteiger partial charge on any atom is -0.422 e. The van der Waals surface area contributed by atoms with E-state index in [4.69, 9.17) is 15.6 Å². The fraction of sp³-hybridized carbons (Fsp3) is 0.318. The molecule has 1 aliphatic carbocycles. The van der Waals surface area contributed by atoms with Gasteiger partial charge in [-0.05, 0) is 37.5 Å². The Morgan fingerprint density at radius 1 is 1.24 bits per heavy atom. The van der Waals surface area contributed by atoms with E-state index in [9.17, 15) is 5.26 Å². The first-order valence-corrected chi connectivity index (χ1v) is 9.83. The number of aryl methyl sites for hydroxylation is 2. The first-order valence-electron chi connectivity index (χ1n) is 9.83. The average Bonchev–Trinajstić information content (AvgIpc) is 3.23. The maximum Gasteiger partial charge on any atom is 0.224 e. The monoisotopic (exact) mass is 386 g/mol. The van der Waals surface area contributed by atoms with E-state index in [1.807, 2.05) is 36.9 Å². The Balaban J connectivity index is 1.64. The molecule has 2 N–H and O–H groups in total. The Morgan fingerprint density at radius 2 is 2.00 bits per heavy atom. The second-order valence-corrected chi connectivity index (χ2v) is 7.72. The first kappa shape index (κ1) is 17.6. The number of hydrogen-bond donors (Lipinski definition) is 1. The molecule has 0 radical (unpaired) electrons. The van der Waals surface area contributed by atoms with Crippen molar-refractivity contribution in [2.75, 3.05) is 0 Å². The Bertz CT molecular complexity index is 1160. The van der Waals surface area contributed by atoms with Crippen LogP contribution in [0.15, 0.2) is 48.1 Å². The fourth-order valence-electron chi connectivity index (χ4n) is 4.30. The van der Waals surface area contributed by atoms with Crippen LogP contribution in [0.3, 0.4) is 0 Å². The van der Waals surface area contributed by atoms with Gasteiger partial charge in [0, 0.05) is 31.0 Å². The lowest BCUT2D eigenvalue weighted by Gasteiger charge is -2.29. The van der Waals surface area contributed by atoms with Gasteiger partial charge < -0.3 is 15.0 Å². The van der Waals surface area contributed by atoms with Gasteiger partial charge >= 0.3 is 0 Å². The third kappa shape index (κ3) is 2.64. The molecular weight excluding hydrogens is 364 g/mol. The summed E-state index contributed by atoms with van der Waals surface area (Å²) in [6.45, 7) is 1.97. The molecule has 7 heteroatoms. The highest BCUT2D eigenvalue weighted by molar-refractivity contribution is 5.57. The number of aromatic nitrogens is 4. The molecule has 29 heavy (non-hydrogen) atoms. The second kappa shape index (κ2) is 6.52. The molecule has 1 unspecified atom stereocenters. The molecule has 7 nitrogen and oxygen atoms in total. The predicted octanol–water partition coefficient (Wildman–Crippen LogP) is 3.40. The summed E-state index contributed by atoms with van der Waals surface area (Å²) >= 11 is 0. The van der Waals surface area contributed by atoms with Crippen molar-refractivity contribution in [3.63, 3.8) is 0 Å². The van der Waals surface area contributed by atoms with E-state index in [0.29, 0.717) is 17.4 Å². The Morgan fingerprint density at radius 3 is 2.59 bits per heavy atom. The third-order valence-corrected chi connectivity index (χ3v) is 6.05. The van der Waals surface area contributed by atoms with Gasteiger partial charge in [0.05, 0.1) is 17.2 Å². The summed E-state index contributed by atoms with van der Waals surface area (Å²) in [5.74, 6) is 1.87. The van der Waals surface area contributed by atoms with Crippen LogP contribution in [-0.2, 0) is 7.05 Å². The van der Waals surface area contributed by atoms with Gasteiger partial charge in [0.15, 0.2) is 0 Å². The minimum absolute atomic E-state index is 0.155. The van der Waals surface area contributed by atoms with Crippen molar-refractivity contribution in [1.29, 1.82) is 5.26 Å². The van der Waals surface area contributed by atoms with Crippen molar-refractivity contribution >= 4 is 0 Å². The van der Waals surface area contributed by atoms with E-state index in [2.05, 4.69) is 23.2 Å². The Labute approximate surface area is 169 Å². The maximum absolute atomic E-state index is 9.86. The summed E-state index contributed by atoms with van der Waals surface area (Å²) in [4.78, 5) is 4.29. The van der Waals surface area contributed by atoms with Crippen LogP contribution in [0.2, 0.25) is 0 Å². The molecule has 1 saturated carbocycles. The van der Waals surface area contributed by atoms with Gasteiger partial charge in [-0.2, -0.15) is 10.4 Å². The SMILES string of the molecule is Cc1nccn1-c1ccc(C2C(C#N)=C(N)Oc3c2c(C2CCC2)nn3C)cc1. The molecule has 0 spiro atoms. The van der Waals surface area contributed by atoms with Gasteiger partial charge in [-0.1, -0.05) is 18.6 Å². The van der Waals surface area contributed by atoms with Crippen LogP contribution in [0.5, 0.6) is 5.88 Å². The number of nitriles is 1. The minimum atomic E-state index is -0.272. The smallest absolute Gasteiger partial charge is 0.224 e. The van der Waals surface area contributed by atoms with Gasteiger partial charge in [-0.3, -0.25) is 0 Å². The molecule has 5 rings (SSSR count). The van der Waals surface area contributed by atoms with Crippen LogP contribution < -0.4 is 10.5 Å². The highest BCUT2D eigenvalue weighted by atomic mass is 16.5. The summed E-state index contributed by atoms with van der Waals surface area (Å²) in [6.07, 6.45) is 7.17. The van der Waals surface area contributed by atoms with Crippen LogP contribution >= 0.6 is 0 Å². The summed E-state index contributed by atoms with van der Waals surface area (Å²) in [6, 6.07) is 10.5. The zero-order valence-electron chi connectivity index (χ0n) is 16.5. The van der Waals surface area contributed by atoms with Crippen molar-refractivity contribution in [1.82, 2.24) is 19.3 Å².